The lowest BCUT2D eigenvalue weighted by Crippen LogP contribution is -2.29. The molecule has 2 unspecified atom stereocenters. The van der Waals surface area contributed by atoms with Gasteiger partial charge in [-0.2, -0.15) is 33.7 Å². The van der Waals surface area contributed by atoms with Crippen LogP contribution < -0.4 is 0 Å². The second kappa shape index (κ2) is 13.9. The fourth-order valence-electron chi connectivity index (χ4n) is 1.27. The van der Waals surface area contributed by atoms with Crippen LogP contribution in [-0.4, -0.2) is 88.6 Å². The second-order valence-corrected chi connectivity index (χ2v) is 13.6. The van der Waals surface area contributed by atoms with Crippen molar-refractivity contribution < 1.29 is 61.4 Å². The van der Waals surface area contributed by atoms with Crippen molar-refractivity contribution in [3.05, 3.63) is 0 Å². The number of rotatable bonds is 14. The summed E-state index contributed by atoms with van der Waals surface area (Å²) in [5, 5.41) is 16.2. The molecule has 4 N–H and O–H groups in total. The number of aliphatic hydroxyl groups is 2. The maximum Gasteiger partial charge on any atom is 0.287 e. The van der Waals surface area contributed by atoms with Crippen molar-refractivity contribution >= 4 is 40.5 Å². The Morgan fingerprint density at radius 3 is 1.07 bits per heavy atom. The Morgan fingerprint density at radius 2 is 0.867 bits per heavy atom. The number of aliphatic hydroxyl groups excluding tert-OH is 2. The molecule has 14 nitrogen and oxygen atoms in total. The van der Waals surface area contributed by atoms with E-state index < -0.39 is 62.9 Å². The van der Waals surface area contributed by atoms with Crippen molar-refractivity contribution in [3.63, 3.8) is 0 Å². The molecule has 18 heteroatoms. The van der Waals surface area contributed by atoms with E-state index in [1.54, 1.807) is 0 Å². The van der Waals surface area contributed by atoms with Gasteiger partial charge in [0.05, 0.1) is 13.2 Å². The highest BCUT2D eigenvalue weighted by atomic mass is 32.3. The molecule has 0 aromatic carbocycles. The van der Waals surface area contributed by atoms with Gasteiger partial charge in [-0.1, -0.05) is 0 Å². The minimum atomic E-state index is -4.85. The van der Waals surface area contributed by atoms with Crippen LogP contribution in [0.25, 0.3) is 0 Å². The molecule has 0 aromatic rings. The molecular weight excluding hydrogens is 496 g/mol. The third-order valence-electron chi connectivity index (χ3n) is 3.25. The summed E-state index contributed by atoms with van der Waals surface area (Å²) in [6.07, 6.45) is 1.29. The summed E-state index contributed by atoms with van der Waals surface area (Å²) in [6.45, 7) is 0.772. The van der Waals surface area contributed by atoms with E-state index in [1.165, 1.54) is 0 Å². The van der Waals surface area contributed by atoms with Gasteiger partial charge >= 0.3 is 0 Å². The molecule has 0 heterocycles. The average Bonchev–Trinajstić information content (AvgIpc) is 2.60. The van der Waals surface area contributed by atoms with Gasteiger partial charge in [0.1, 0.15) is 0 Å². The molecule has 184 valence electrons. The van der Waals surface area contributed by atoms with E-state index in [1.807, 2.05) is 0 Å². The summed E-state index contributed by atoms with van der Waals surface area (Å²) in [7, 11) is -18.8. The highest BCUT2D eigenvalue weighted by Gasteiger charge is 2.34. The Hall–Kier alpha value is -0.440. The molecule has 2 atom stereocenters. The van der Waals surface area contributed by atoms with E-state index in [4.69, 9.17) is 19.3 Å². The molecule has 0 aliphatic heterocycles. The summed E-state index contributed by atoms with van der Waals surface area (Å²) < 4.78 is 110. The van der Waals surface area contributed by atoms with Gasteiger partial charge in [-0.15, -0.1) is 0 Å². The predicted octanol–water partition coefficient (Wildman–Crippen LogP) is -1.32. The first kappa shape index (κ1) is 31.7. The first-order chi connectivity index (χ1) is 13.4. The molecule has 0 saturated carbocycles. The van der Waals surface area contributed by atoms with E-state index >= 15 is 0 Å². The molecule has 0 bridgehead atoms. The zero-order valence-electron chi connectivity index (χ0n) is 16.3. The smallest absolute Gasteiger partial charge is 0.287 e. The number of unbranched alkanes of at least 4 members (excludes halogenated alkanes) is 2. The van der Waals surface area contributed by atoms with Crippen molar-refractivity contribution in [2.75, 3.05) is 26.4 Å². The fraction of sp³-hybridized carbons (Fsp3) is 1.00. The van der Waals surface area contributed by atoms with Crippen LogP contribution in [0.3, 0.4) is 0 Å². The van der Waals surface area contributed by atoms with Crippen molar-refractivity contribution in [2.45, 2.75) is 48.7 Å². The molecule has 0 aliphatic carbocycles. The average molecular weight is 525 g/mol. The van der Waals surface area contributed by atoms with Crippen LogP contribution in [0.5, 0.6) is 0 Å². The van der Waals surface area contributed by atoms with Crippen molar-refractivity contribution in [1.29, 1.82) is 0 Å². The molecule has 30 heavy (non-hydrogen) atoms. The van der Waals surface area contributed by atoms with Crippen LogP contribution in [0.15, 0.2) is 0 Å². The van der Waals surface area contributed by atoms with Crippen LogP contribution >= 0.6 is 0 Å². The molecule has 0 spiro atoms. The maximum atomic E-state index is 11.4. The van der Waals surface area contributed by atoms with E-state index in [9.17, 15) is 33.7 Å². The van der Waals surface area contributed by atoms with Gasteiger partial charge in [0.2, 0.25) is 9.16 Å². The second-order valence-electron chi connectivity index (χ2n) is 5.66. The summed E-state index contributed by atoms with van der Waals surface area (Å²) in [5.41, 5.74) is 0. The largest absolute Gasteiger partial charge is 0.396 e. The molecule has 0 aliphatic rings. The predicted molar refractivity (Wildman–Crippen MR) is 104 cm³/mol. The fourth-order valence-corrected chi connectivity index (χ4v) is 5.07. The lowest BCUT2D eigenvalue weighted by atomic mass is 10.3. The minimum Gasteiger partial charge on any atom is -0.396 e. The van der Waals surface area contributed by atoms with Crippen molar-refractivity contribution in [3.8, 4) is 0 Å². The van der Waals surface area contributed by atoms with Crippen LogP contribution in [0.4, 0.5) is 0 Å². The summed E-state index contributed by atoms with van der Waals surface area (Å²) in [4.78, 5) is 0. The zero-order chi connectivity index (χ0) is 24.2. The topological polar surface area (TPSA) is 236 Å². The van der Waals surface area contributed by atoms with E-state index in [2.05, 4.69) is 8.37 Å². The Labute approximate surface area is 177 Å². The highest BCUT2D eigenvalue weighted by Crippen LogP contribution is 2.12. The Kier molecular flexibility index (Phi) is 14.7. The van der Waals surface area contributed by atoms with Gasteiger partial charge in [0, 0.05) is 13.2 Å². The quantitative estimate of drug-likeness (QED) is 0.117. The highest BCUT2D eigenvalue weighted by molar-refractivity contribution is 8.04. The van der Waals surface area contributed by atoms with Crippen LogP contribution in [-0.2, 0) is 48.8 Å². The summed E-state index contributed by atoms with van der Waals surface area (Å²) >= 11 is 0. The molecular formula is C12H28O14S4. The molecule has 0 radical (unpaired) electrons. The monoisotopic (exact) mass is 524 g/mol. The first-order valence-electron chi connectivity index (χ1n) is 8.34. The van der Waals surface area contributed by atoms with Crippen LogP contribution in [0.1, 0.15) is 39.5 Å². The molecule has 0 fully saturated rings. The van der Waals surface area contributed by atoms with Crippen molar-refractivity contribution in [1.82, 2.24) is 0 Å². The van der Waals surface area contributed by atoms with Gasteiger partial charge in [0.25, 0.3) is 40.5 Å². The van der Waals surface area contributed by atoms with Gasteiger partial charge in [-0.05, 0) is 39.5 Å². The number of hydrogen-bond donors (Lipinski definition) is 4. The lowest BCUT2D eigenvalue weighted by molar-refractivity contribution is 0.242. The Bertz CT molecular complexity index is 813. The molecule has 0 rings (SSSR count). The third kappa shape index (κ3) is 13.8. The summed E-state index contributed by atoms with van der Waals surface area (Å²) in [5.74, 6) is 0. The van der Waals surface area contributed by atoms with Crippen LogP contribution in [0.2, 0.25) is 0 Å². The lowest BCUT2D eigenvalue weighted by Gasteiger charge is -2.11. The third-order valence-corrected chi connectivity index (χ3v) is 10.4. The van der Waals surface area contributed by atoms with E-state index in [0.29, 0.717) is 13.8 Å². The first-order valence-corrected chi connectivity index (χ1v) is 14.3. The van der Waals surface area contributed by atoms with E-state index in [-0.39, 0.29) is 26.1 Å². The van der Waals surface area contributed by atoms with Gasteiger partial charge in [0.15, 0.2) is 0 Å². The van der Waals surface area contributed by atoms with Crippen molar-refractivity contribution in [2.24, 2.45) is 0 Å². The van der Waals surface area contributed by atoms with E-state index in [0.717, 1.165) is 12.8 Å². The molecule has 0 saturated heterocycles. The molecule has 0 amide bonds. The van der Waals surface area contributed by atoms with Crippen LogP contribution in [0, 0.1) is 0 Å². The number of hydrogen-bond acceptors (Lipinski definition) is 12. The molecule has 0 aromatic heterocycles. The van der Waals surface area contributed by atoms with Gasteiger partial charge in [-0.3, -0.25) is 17.5 Å². The summed E-state index contributed by atoms with van der Waals surface area (Å²) in [6, 6.07) is 0. The Morgan fingerprint density at radius 1 is 0.600 bits per heavy atom. The Balaban J connectivity index is 0. The SMILES string of the molecule is CC(S(=O)(=O)O)S(=O)(=O)OCCCCOS(=O)(=O)C(C)S(=O)(=O)O.OCCCCO. The zero-order valence-corrected chi connectivity index (χ0v) is 19.6. The minimum absolute atomic E-state index is 0.0762. The van der Waals surface area contributed by atoms with Gasteiger partial charge < -0.3 is 10.2 Å². The maximum absolute atomic E-state index is 11.4. The van der Waals surface area contributed by atoms with Gasteiger partial charge in [-0.25, -0.2) is 0 Å². The normalized spacial score (nSPS) is 15.1. The standard InChI is InChI=1S/C8H18O12S4.C4H10O2/c1-7(21(9,10)11)23(15,16)19-5-3-4-6-20-24(17,18)8(2)22(12,13)14;5-3-1-2-4-6/h7-8H,3-6H2,1-2H3,(H,9,10,11)(H,12,13,14);5-6H,1-4H2.